The zero-order valence-corrected chi connectivity index (χ0v) is 11.6. The normalized spacial score (nSPS) is 24.6. The highest BCUT2D eigenvalue weighted by molar-refractivity contribution is 5.83. The summed E-state index contributed by atoms with van der Waals surface area (Å²) in [5.41, 5.74) is 4.77. The number of nitrogens with zero attached hydrogens (tertiary/aromatic N) is 1. The van der Waals surface area contributed by atoms with Gasteiger partial charge in [-0.2, -0.15) is 0 Å². The third-order valence-corrected chi connectivity index (χ3v) is 3.90. The average Bonchev–Trinajstić information content (AvgIpc) is 2.28. The highest BCUT2D eigenvalue weighted by Gasteiger charge is 2.31. The molecular weight excluding hydrogens is 214 g/mol. The molecule has 1 aliphatic heterocycles. The van der Waals surface area contributed by atoms with E-state index in [9.17, 15) is 4.79 Å². The molecule has 1 aliphatic rings. The number of amides is 1. The molecule has 100 valence electrons. The lowest BCUT2D eigenvalue weighted by molar-refractivity contribution is -0.123. The number of likely N-dealkylation sites (tertiary alicyclic amines) is 1. The lowest BCUT2D eigenvalue weighted by Crippen LogP contribution is -2.57. The number of carbonyl (C=O) groups is 1. The second-order valence-electron chi connectivity index (χ2n) is 5.72. The molecule has 0 bridgehead atoms. The summed E-state index contributed by atoms with van der Waals surface area (Å²) in [6.45, 7) is 11.5. The monoisotopic (exact) mass is 241 g/mol. The first-order chi connectivity index (χ1) is 7.86. The van der Waals surface area contributed by atoms with Gasteiger partial charge in [0.1, 0.15) is 0 Å². The van der Waals surface area contributed by atoms with E-state index in [0.717, 1.165) is 13.1 Å². The molecule has 1 heterocycles. The van der Waals surface area contributed by atoms with Crippen LogP contribution in [0.25, 0.3) is 0 Å². The molecule has 0 aromatic heterocycles. The number of nitrogens with one attached hydrogen (secondary N) is 1. The van der Waals surface area contributed by atoms with Gasteiger partial charge in [-0.1, -0.05) is 6.92 Å². The molecule has 0 saturated carbocycles. The number of hydrogen-bond acceptors (Lipinski definition) is 3. The standard InChI is InChI=1S/C13H27N3O/c1-5-16-8-6-7-11(9-16)10(2)15-13(3,4)12(14)17/h10-11,15H,5-9H2,1-4H3,(H2,14,17). The van der Waals surface area contributed by atoms with Gasteiger partial charge in [0.25, 0.3) is 0 Å². The van der Waals surface area contributed by atoms with Crippen molar-refractivity contribution in [3.05, 3.63) is 0 Å². The molecular formula is C13H27N3O. The molecule has 2 atom stereocenters. The number of carbonyl (C=O) groups excluding carboxylic acids is 1. The van der Waals surface area contributed by atoms with Crippen molar-refractivity contribution < 1.29 is 4.79 Å². The summed E-state index contributed by atoms with van der Waals surface area (Å²) in [6, 6.07) is 0.326. The Morgan fingerprint density at radius 2 is 2.24 bits per heavy atom. The third-order valence-electron chi connectivity index (χ3n) is 3.90. The van der Waals surface area contributed by atoms with Crippen LogP contribution in [-0.2, 0) is 4.79 Å². The zero-order valence-electron chi connectivity index (χ0n) is 11.6. The molecule has 3 N–H and O–H groups in total. The second-order valence-corrected chi connectivity index (χ2v) is 5.72. The molecule has 1 amide bonds. The molecule has 0 aliphatic carbocycles. The number of hydrogen-bond donors (Lipinski definition) is 2. The van der Waals surface area contributed by atoms with E-state index in [-0.39, 0.29) is 5.91 Å². The van der Waals surface area contributed by atoms with E-state index in [4.69, 9.17) is 5.73 Å². The molecule has 1 rings (SSSR count). The maximum absolute atomic E-state index is 11.3. The van der Waals surface area contributed by atoms with Crippen LogP contribution in [0.15, 0.2) is 0 Å². The Morgan fingerprint density at radius 3 is 2.76 bits per heavy atom. The highest BCUT2D eigenvalue weighted by Crippen LogP contribution is 2.21. The topological polar surface area (TPSA) is 58.4 Å². The Balaban J connectivity index is 2.52. The Labute approximate surface area is 105 Å². The van der Waals surface area contributed by atoms with E-state index in [1.54, 1.807) is 0 Å². The van der Waals surface area contributed by atoms with Crippen molar-refractivity contribution in [2.24, 2.45) is 11.7 Å². The van der Waals surface area contributed by atoms with Crippen LogP contribution in [0.4, 0.5) is 0 Å². The van der Waals surface area contributed by atoms with E-state index in [1.807, 2.05) is 13.8 Å². The number of piperidine rings is 1. The molecule has 0 radical (unpaired) electrons. The molecule has 1 fully saturated rings. The van der Waals surface area contributed by atoms with Crippen LogP contribution in [0, 0.1) is 5.92 Å². The van der Waals surface area contributed by atoms with Crippen LogP contribution in [-0.4, -0.2) is 42.0 Å². The molecule has 0 aromatic carbocycles. The Hall–Kier alpha value is -0.610. The van der Waals surface area contributed by atoms with Gasteiger partial charge in [-0.3, -0.25) is 4.79 Å². The lowest BCUT2D eigenvalue weighted by Gasteiger charge is -2.38. The van der Waals surface area contributed by atoms with E-state index in [2.05, 4.69) is 24.1 Å². The predicted molar refractivity (Wildman–Crippen MR) is 70.7 cm³/mol. The summed E-state index contributed by atoms with van der Waals surface area (Å²) in [6.07, 6.45) is 2.49. The van der Waals surface area contributed by atoms with Gasteiger partial charge in [0.05, 0.1) is 5.54 Å². The van der Waals surface area contributed by atoms with E-state index in [1.165, 1.54) is 19.4 Å². The quantitative estimate of drug-likeness (QED) is 0.754. The summed E-state index contributed by atoms with van der Waals surface area (Å²) in [5, 5.41) is 3.37. The fourth-order valence-electron chi connectivity index (χ4n) is 2.54. The van der Waals surface area contributed by atoms with Crippen LogP contribution in [0.5, 0.6) is 0 Å². The van der Waals surface area contributed by atoms with Gasteiger partial charge < -0.3 is 16.0 Å². The molecule has 17 heavy (non-hydrogen) atoms. The van der Waals surface area contributed by atoms with Crippen molar-refractivity contribution in [3.63, 3.8) is 0 Å². The van der Waals surface area contributed by atoms with Crippen molar-refractivity contribution >= 4 is 5.91 Å². The minimum absolute atomic E-state index is 0.285. The lowest BCUT2D eigenvalue weighted by atomic mass is 9.89. The molecule has 1 saturated heterocycles. The van der Waals surface area contributed by atoms with Crippen molar-refractivity contribution in [3.8, 4) is 0 Å². The fourth-order valence-corrected chi connectivity index (χ4v) is 2.54. The van der Waals surface area contributed by atoms with Gasteiger partial charge in [-0.15, -0.1) is 0 Å². The van der Waals surface area contributed by atoms with Crippen molar-refractivity contribution in [2.75, 3.05) is 19.6 Å². The van der Waals surface area contributed by atoms with Crippen LogP contribution in [0.2, 0.25) is 0 Å². The molecule has 0 aromatic rings. The average molecular weight is 241 g/mol. The fraction of sp³-hybridized carbons (Fsp3) is 0.923. The number of rotatable bonds is 5. The van der Waals surface area contributed by atoms with E-state index < -0.39 is 5.54 Å². The van der Waals surface area contributed by atoms with Gasteiger partial charge in [0.2, 0.25) is 5.91 Å². The predicted octanol–water partition coefficient (Wildman–Crippen LogP) is 0.960. The van der Waals surface area contributed by atoms with E-state index >= 15 is 0 Å². The van der Waals surface area contributed by atoms with Gasteiger partial charge in [-0.25, -0.2) is 0 Å². The third kappa shape index (κ3) is 3.96. The van der Waals surface area contributed by atoms with Crippen LogP contribution < -0.4 is 11.1 Å². The van der Waals surface area contributed by atoms with E-state index in [0.29, 0.717) is 12.0 Å². The maximum Gasteiger partial charge on any atom is 0.237 e. The Bertz CT molecular complexity index is 265. The van der Waals surface area contributed by atoms with Crippen LogP contribution in [0.1, 0.15) is 40.5 Å². The molecule has 0 spiro atoms. The van der Waals surface area contributed by atoms with Gasteiger partial charge in [-0.05, 0) is 52.6 Å². The first kappa shape index (κ1) is 14.5. The molecule has 2 unspecified atom stereocenters. The largest absolute Gasteiger partial charge is 0.368 e. The maximum atomic E-state index is 11.3. The minimum atomic E-state index is -0.617. The van der Waals surface area contributed by atoms with Gasteiger partial charge in [0.15, 0.2) is 0 Å². The first-order valence-corrected chi connectivity index (χ1v) is 6.66. The Morgan fingerprint density at radius 1 is 1.59 bits per heavy atom. The van der Waals surface area contributed by atoms with Gasteiger partial charge >= 0.3 is 0 Å². The zero-order chi connectivity index (χ0) is 13.1. The summed E-state index contributed by atoms with van der Waals surface area (Å²) < 4.78 is 0. The Kier molecular flexibility index (Phi) is 4.95. The van der Waals surface area contributed by atoms with Crippen LogP contribution >= 0.6 is 0 Å². The summed E-state index contributed by atoms with van der Waals surface area (Å²) in [5.74, 6) is 0.329. The number of primary amides is 1. The SMILES string of the molecule is CCN1CCCC(C(C)NC(C)(C)C(N)=O)C1. The smallest absolute Gasteiger partial charge is 0.237 e. The highest BCUT2D eigenvalue weighted by atomic mass is 16.1. The van der Waals surface area contributed by atoms with Crippen LogP contribution in [0.3, 0.4) is 0 Å². The second kappa shape index (κ2) is 5.83. The minimum Gasteiger partial charge on any atom is -0.368 e. The first-order valence-electron chi connectivity index (χ1n) is 6.66. The van der Waals surface area contributed by atoms with Gasteiger partial charge in [0, 0.05) is 12.6 Å². The van der Waals surface area contributed by atoms with Crippen molar-refractivity contribution in [1.82, 2.24) is 10.2 Å². The molecule has 4 heteroatoms. The number of nitrogens with two attached hydrogens (primary N) is 1. The van der Waals surface area contributed by atoms with Crippen molar-refractivity contribution in [2.45, 2.75) is 52.1 Å². The summed E-state index contributed by atoms with van der Waals surface area (Å²) >= 11 is 0. The molecule has 4 nitrogen and oxygen atoms in total. The summed E-state index contributed by atoms with van der Waals surface area (Å²) in [4.78, 5) is 13.8. The summed E-state index contributed by atoms with van der Waals surface area (Å²) in [7, 11) is 0. The van der Waals surface area contributed by atoms with Crippen molar-refractivity contribution in [1.29, 1.82) is 0 Å².